The first-order chi connectivity index (χ1) is 6.66. The number of hydrogen-bond acceptors (Lipinski definition) is 3. The quantitative estimate of drug-likeness (QED) is 0.712. The van der Waals surface area contributed by atoms with Gasteiger partial charge in [-0.25, -0.2) is 4.98 Å². The Morgan fingerprint density at radius 2 is 2.43 bits per heavy atom. The first kappa shape index (κ1) is 10.9. The van der Waals surface area contributed by atoms with E-state index in [1.54, 1.807) is 17.0 Å². The van der Waals surface area contributed by atoms with Crippen molar-refractivity contribution >= 4 is 5.78 Å². The number of ketones is 1. The molecule has 0 aliphatic heterocycles. The minimum absolute atomic E-state index is 0.0136. The maximum atomic E-state index is 11.8. The van der Waals surface area contributed by atoms with E-state index in [0.717, 1.165) is 12.8 Å². The maximum absolute atomic E-state index is 11.8. The van der Waals surface area contributed by atoms with Crippen molar-refractivity contribution in [3.63, 3.8) is 0 Å². The number of hydrogen-bond donors (Lipinski definition) is 1. The molecule has 4 nitrogen and oxygen atoms in total. The number of rotatable bonds is 5. The summed E-state index contributed by atoms with van der Waals surface area (Å²) in [6.45, 7) is 2.56. The number of carbonyl (C=O) groups excluding carboxylic acids is 1. The van der Waals surface area contributed by atoms with Crippen LogP contribution < -0.4 is 5.73 Å². The van der Waals surface area contributed by atoms with Gasteiger partial charge >= 0.3 is 0 Å². The molecule has 4 heteroatoms. The van der Waals surface area contributed by atoms with Crippen LogP contribution in [-0.4, -0.2) is 21.9 Å². The third-order valence-electron chi connectivity index (χ3n) is 2.33. The minimum atomic E-state index is 0.0136. The highest BCUT2D eigenvalue weighted by Gasteiger charge is 2.17. The first-order valence-corrected chi connectivity index (χ1v) is 4.88. The Morgan fingerprint density at radius 3 is 2.93 bits per heavy atom. The molecular formula is C10H17N3O. The first-order valence-electron chi connectivity index (χ1n) is 4.88. The van der Waals surface area contributed by atoms with Crippen LogP contribution in [0.5, 0.6) is 0 Å². The third kappa shape index (κ3) is 2.42. The molecule has 0 aliphatic carbocycles. The van der Waals surface area contributed by atoms with Gasteiger partial charge in [-0.3, -0.25) is 4.79 Å². The second-order valence-electron chi connectivity index (χ2n) is 3.56. The molecule has 0 radical (unpaired) electrons. The Morgan fingerprint density at radius 1 is 1.71 bits per heavy atom. The van der Waals surface area contributed by atoms with E-state index in [9.17, 15) is 4.79 Å². The predicted molar refractivity (Wildman–Crippen MR) is 55.0 cm³/mol. The fourth-order valence-corrected chi connectivity index (χ4v) is 1.38. The van der Waals surface area contributed by atoms with E-state index in [-0.39, 0.29) is 11.7 Å². The van der Waals surface area contributed by atoms with Crippen molar-refractivity contribution in [2.75, 3.05) is 6.54 Å². The number of imidazole rings is 1. The summed E-state index contributed by atoms with van der Waals surface area (Å²) < 4.78 is 1.75. The van der Waals surface area contributed by atoms with E-state index < -0.39 is 0 Å². The van der Waals surface area contributed by atoms with Crippen LogP contribution in [0.1, 0.15) is 30.4 Å². The summed E-state index contributed by atoms with van der Waals surface area (Å²) in [6, 6.07) is 0. The van der Waals surface area contributed by atoms with Crippen LogP contribution in [0.3, 0.4) is 0 Å². The van der Waals surface area contributed by atoms with Crippen molar-refractivity contribution in [3.8, 4) is 0 Å². The van der Waals surface area contributed by atoms with Crippen molar-refractivity contribution in [2.45, 2.75) is 19.8 Å². The molecule has 0 bridgehead atoms. The number of aromatic nitrogens is 2. The largest absolute Gasteiger partial charge is 0.332 e. The molecule has 0 saturated carbocycles. The second-order valence-corrected chi connectivity index (χ2v) is 3.56. The summed E-state index contributed by atoms with van der Waals surface area (Å²) >= 11 is 0. The SMILES string of the molecule is CC(CCCN)C(=O)c1nccn1C. The smallest absolute Gasteiger partial charge is 0.201 e. The fraction of sp³-hybridized carbons (Fsp3) is 0.600. The summed E-state index contributed by atoms with van der Waals surface area (Å²) in [6.07, 6.45) is 5.14. The van der Waals surface area contributed by atoms with E-state index >= 15 is 0 Å². The van der Waals surface area contributed by atoms with Crippen molar-refractivity contribution in [1.29, 1.82) is 0 Å². The van der Waals surface area contributed by atoms with E-state index in [0.29, 0.717) is 12.4 Å². The Bertz CT molecular complexity index is 306. The van der Waals surface area contributed by atoms with Gasteiger partial charge in [0.2, 0.25) is 5.78 Å². The minimum Gasteiger partial charge on any atom is -0.332 e. The molecule has 1 heterocycles. The van der Waals surface area contributed by atoms with Gasteiger partial charge in [-0.2, -0.15) is 0 Å². The molecule has 0 fully saturated rings. The molecule has 0 aromatic carbocycles. The van der Waals surface area contributed by atoms with Crippen LogP contribution in [0.25, 0.3) is 0 Å². The van der Waals surface area contributed by atoms with Crippen LogP contribution in [0.4, 0.5) is 0 Å². The summed E-state index contributed by atoms with van der Waals surface area (Å²) in [7, 11) is 1.83. The Hall–Kier alpha value is -1.16. The van der Waals surface area contributed by atoms with E-state index in [4.69, 9.17) is 5.73 Å². The van der Waals surface area contributed by atoms with Gasteiger partial charge in [0, 0.05) is 25.4 Å². The summed E-state index contributed by atoms with van der Waals surface area (Å²) in [5, 5.41) is 0. The molecule has 0 spiro atoms. The van der Waals surface area contributed by atoms with E-state index in [2.05, 4.69) is 4.98 Å². The maximum Gasteiger partial charge on any atom is 0.201 e. The van der Waals surface area contributed by atoms with Crippen LogP contribution in [0, 0.1) is 5.92 Å². The second kappa shape index (κ2) is 4.91. The molecule has 2 N–H and O–H groups in total. The molecule has 1 unspecified atom stereocenters. The van der Waals surface area contributed by atoms with Crippen molar-refractivity contribution < 1.29 is 4.79 Å². The highest BCUT2D eigenvalue weighted by Crippen LogP contribution is 2.11. The molecule has 1 aromatic heterocycles. The zero-order chi connectivity index (χ0) is 10.6. The molecule has 78 valence electrons. The molecule has 0 amide bonds. The molecular weight excluding hydrogens is 178 g/mol. The fourth-order valence-electron chi connectivity index (χ4n) is 1.38. The molecule has 1 atom stereocenters. The molecule has 0 saturated heterocycles. The average molecular weight is 195 g/mol. The average Bonchev–Trinajstić information content (AvgIpc) is 2.59. The summed E-state index contributed by atoms with van der Waals surface area (Å²) in [5.74, 6) is 0.653. The highest BCUT2D eigenvalue weighted by atomic mass is 16.1. The Kier molecular flexibility index (Phi) is 3.83. The van der Waals surface area contributed by atoms with E-state index in [1.807, 2.05) is 14.0 Å². The lowest BCUT2D eigenvalue weighted by molar-refractivity contribution is 0.0909. The molecule has 0 aliphatic rings. The standard InChI is InChI=1S/C10H17N3O/c1-8(4-3-5-11)9(14)10-12-6-7-13(10)2/h6-8H,3-5,11H2,1-2H3. The lowest BCUT2D eigenvalue weighted by Crippen LogP contribution is -2.17. The zero-order valence-corrected chi connectivity index (χ0v) is 8.73. The number of aryl methyl sites for hydroxylation is 1. The Labute approximate surface area is 84.1 Å². The van der Waals surface area contributed by atoms with Gasteiger partial charge in [0.25, 0.3) is 0 Å². The van der Waals surface area contributed by atoms with E-state index in [1.165, 1.54) is 0 Å². The van der Waals surface area contributed by atoms with Gasteiger partial charge in [-0.1, -0.05) is 6.92 Å². The van der Waals surface area contributed by atoms with Crippen LogP contribution in [0.15, 0.2) is 12.4 Å². The normalized spacial score (nSPS) is 12.8. The summed E-state index contributed by atoms with van der Waals surface area (Å²) in [5.41, 5.74) is 5.39. The summed E-state index contributed by atoms with van der Waals surface area (Å²) in [4.78, 5) is 15.8. The van der Waals surface area contributed by atoms with Gasteiger partial charge in [0.05, 0.1) is 0 Å². The number of carbonyl (C=O) groups is 1. The van der Waals surface area contributed by atoms with Crippen molar-refractivity contribution in [3.05, 3.63) is 18.2 Å². The predicted octanol–water partition coefficient (Wildman–Crippen LogP) is 0.978. The lowest BCUT2D eigenvalue weighted by Gasteiger charge is -2.08. The molecule has 1 rings (SSSR count). The number of nitrogens with two attached hydrogens (primary N) is 1. The molecule has 14 heavy (non-hydrogen) atoms. The van der Waals surface area contributed by atoms with Gasteiger partial charge in [0.1, 0.15) is 0 Å². The van der Waals surface area contributed by atoms with Crippen molar-refractivity contribution in [1.82, 2.24) is 9.55 Å². The van der Waals surface area contributed by atoms with Crippen LogP contribution in [0.2, 0.25) is 0 Å². The van der Waals surface area contributed by atoms with Gasteiger partial charge in [-0.15, -0.1) is 0 Å². The van der Waals surface area contributed by atoms with Gasteiger partial charge in [0.15, 0.2) is 5.82 Å². The van der Waals surface area contributed by atoms with Crippen LogP contribution in [-0.2, 0) is 7.05 Å². The van der Waals surface area contributed by atoms with Gasteiger partial charge in [-0.05, 0) is 19.4 Å². The molecule has 1 aromatic rings. The Balaban J connectivity index is 2.61. The monoisotopic (exact) mass is 195 g/mol. The van der Waals surface area contributed by atoms with Crippen molar-refractivity contribution in [2.24, 2.45) is 18.7 Å². The van der Waals surface area contributed by atoms with Gasteiger partial charge < -0.3 is 10.3 Å². The third-order valence-corrected chi connectivity index (χ3v) is 2.33. The van der Waals surface area contributed by atoms with Crippen LogP contribution >= 0.6 is 0 Å². The number of nitrogens with zero attached hydrogens (tertiary/aromatic N) is 2. The highest BCUT2D eigenvalue weighted by molar-refractivity contribution is 5.94. The number of Topliss-reactive ketones (excluding diaryl/α,β-unsaturated/α-hetero) is 1. The zero-order valence-electron chi connectivity index (χ0n) is 8.73. The lowest BCUT2D eigenvalue weighted by atomic mass is 10.00. The topological polar surface area (TPSA) is 60.9 Å².